The number of rotatable bonds is 6. The molecule has 0 radical (unpaired) electrons. The Hall–Kier alpha value is -3.93. The third-order valence-corrected chi connectivity index (χ3v) is 4.95. The predicted molar refractivity (Wildman–Crippen MR) is 118 cm³/mol. The van der Waals surface area contributed by atoms with Gasteiger partial charge < -0.3 is 10.4 Å². The van der Waals surface area contributed by atoms with E-state index in [1.54, 1.807) is 12.1 Å². The lowest BCUT2D eigenvalue weighted by Gasteiger charge is -2.19. The molecular formula is C24H21N3O3. The zero-order valence-corrected chi connectivity index (χ0v) is 16.5. The first-order chi connectivity index (χ1) is 14.5. The molecule has 4 aromatic rings. The first kappa shape index (κ1) is 19.4. The summed E-state index contributed by atoms with van der Waals surface area (Å²) in [5.74, 6) is -0.270. The van der Waals surface area contributed by atoms with E-state index in [0.717, 1.165) is 16.9 Å². The molecule has 0 atom stereocenters. The second kappa shape index (κ2) is 8.21. The molecule has 0 saturated carbocycles. The van der Waals surface area contributed by atoms with Crippen LogP contribution in [-0.2, 0) is 11.2 Å². The molecule has 0 spiro atoms. The molecule has 0 bridgehead atoms. The van der Waals surface area contributed by atoms with Crippen molar-refractivity contribution in [3.05, 3.63) is 94.3 Å². The number of carbonyl (C=O) groups is 1. The second-order valence-corrected chi connectivity index (χ2v) is 7.05. The van der Waals surface area contributed by atoms with Crippen molar-refractivity contribution in [1.82, 2.24) is 9.55 Å². The van der Waals surface area contributed by atoms with Gasteiger partial charge in [-0.25, -0.2) is 4.98 Å². The molecule has 6 heteroatoms. The maximum Gasteiger partial charge on any atom is 0.303 e. The highest BCUT2D eigenvalue weighted by Crippen LogP contribution is 2.25. The number of pyridine rings is 2. The summed E-state index contributed by atoms with van der Waals surface area (Å²) >= 11 is 0. The Bertz CT molecular complexity index is 1270. The number of carboxylic acid groups (broad SMARTS) is 1. The van der Waals surface area contributed by atoms with Gasteiger partial charge in [-0.15, -0.1) is 0 Å². The van der Waals surface area contributed by atoms with Gasteiger partial charge >= 0.3 is 5.97 Å². The predicted octanol–water partition coefficient (Wildman–Crippen LogP) is 4.45. The maximum atomic E-state index is 13.0. The van der Waals surface area contributed by atoms with Crippen LogP contribution in [0.15, 0.2) is 77.6 Å². The van der Waals surface area contributed by atoms with E-state index in [1.807, 2.05) is 72.2 Å². The zero-order chi connectivity index (χ0) is 21.1. The van der Waals surface area contributed by atoms with Crippen molar-refractivity contribution in [1.29, 1.82) is 0 Å². The van der Waals surface area contributed by atoms with Crippen LogP contribution in [0, 0.1) is 6.92 Å². The molecule has 2 N–H and O–H groups in total. The maximum absolute atomic E-state index is 13.0. The number of nitrogens with zero attached hydrogens (tertiary/aromatic N) is 2. The Balaban J connectivity index is 1.94. The second-order valence-electron chi connectivity index (χ2n) is 7.05. The van der Waals surface area contributed by atoms with Gasteiger partial charge in [-0.3, -0.25) is 14.2 Å². The molecule has 2 aromatic carbocycles. The molecule has 4 rings (SSSR count). The quantitative estimate of drug-likeness (QED) is 0.500. The molecule has 0 amide bonds. The fourth-order valence-electron chi connectivity index (χ4n) is 3.46. The third kappa shape index (κ3) is 3.93. The smallest absolute Gasteiger partial charge is 0.303 e. The van der Waals surface area contributed by atoms with Gasteiger partial charge in [0.1, 0.15) is 11.5 Å². The highest BCUT2D eigenvalue weighted by Gasteiger charge is 2.15. The Morgan fingerprint density at radius 2 is 1.70 bits per heavy atom. The van der Waals surface area contributed by atoms with Gasteiger partial charge in [0.25, 0.3) is 0 Å². The number of anilines is 2. The summed E-state index contributed by atoms with van der Waals surface area (Å²) in [5.41, 5.74) is 3.57. The molecule has 2 heterocycles. The standard InChI is InChI=1S/C24H21N3O3/c1-16-17(12-13-23(29)30)14-20-21(28)15-22(26-18-8-4-2-5-9-18)27(24(20)25-16)19-10-6-3-7-11-19/h2-11,14-15,26H,12-13H2,1H3,(H,29,30). The number of aromatic nitrogens is 2. The number of nitrogens with one attached hydrogen (secondary N) is 1. The summed E-state index contributed by atoms with van der Waals surface area (Å²) in [7, 11) is 0. The molecule has 2 aromatic heterocycles. The summed E-state index contributed by atoms with van der Waals surface area (Å²) in [5, 5.41) is 12.8. The topological polar surface area (TPSA) is 84.2 Å². The lowest BCUT2D eigenvalue weighted by Crippen LogP contribution is -2.15. The minimum atomic E-state index is -0.876. The van der Waals surface area contributed by atoms with Crippen LogP contribution in [0.1, 0.15) is 17.7 Å². The fourth-order valence-corrected chi connectivity index (χ4v) is 3.46. The van der Waals surface area contributed by atoms with E-state index in [2.05, 4.69) is 5.32 Å². The van der Waals surface area contributed by atoms with Crippen molar-refractivity contribution in [2.24, 2.45) is 0 Å². The first-order valence-electron chi connectivity index (χ1n) is 9.68. The van der Waals surface area contributed by atoms with Gasteiger partial charge in [0, 0.05) is 29.6 Å². The first-order valence-corrected chi connectivity index (χ1v) is 9.68. The van der Waals surface area contributed by atoms with E-state index in [9.17, 15) is 9.59 Å². The Morgan fingerprint density at radius 1 is 1.03 bits per heavy atom. The highest BCUT2D eigenvalue weighted by molar-refractivity contribution is 5.82. The summed E-state index contributed by atoms with van der Waals surface area (Å²) < 4.78 is 1.91. The van der Waals surface area contributed by atoms with Crippen LogP contribution in [0.4, 0.5) is 11.5 Å². The Morgan fingerprint density at radius 3 is 2.37 bits per heavy atom. The SMILES string of the molecule is Cc1nc2c(cc1CCC(=O)O)c(=O)cc(Nc1ccccc1)n2-c1ccccc1. The van der Waals surface area contributed by atoms with Crippen molar-refractivity contribution in [3.63, 3.8) is 0 Å². The molecule has 0 saturated heterocycles. The van der Waals surface area contributed by atoms with E-state index in [-0.39, 0.29) is 11.8 Å². The minimum absolute atomic E-state index is 0.00541. The van der Waals surface area contributed by atoms with E-state index in [0.29, 0.717) is 29.0 Å². The van der Waals surface area contributed by atoms with Crippen molar-refractivity contribution < 1.29 is 9.90 Å². The van der Waals surface area contributed by atoms with E-state index in [4.69, 9.17) is 10.1 Å². The van der Waals surface area contributed by atoms with Gasteiger partial charge in [0.2, 0.25) is 0 Å². The molecule has 30 heavy (non-hydrogen) atoms. The number of aryl methyl sites for hydroxylation is 2. The molecule has 6 nitrogen and oxygen atoms in total. The third-order valence-electron chi connectivity index (χ3n) is 4.95. The van der Waals surface area contributed by atoms with Crippen molar-refractivity contribution in [3.8, 4) is 5.69 Å². The van der Waals surface area contributed by atoms with Crippen LogP contribution >= 0.6 is 0 Å². The molecular weight excluding hydrogens is 378 g/mol. The van der Waals surface area contributed by atoms with Crippen LogP contribution < -0.4 is 10.7 Å². The number of fused-ring (bicyclic) bond motifs is 1. The number of carboxylic acids is 1. The average molecular weight is 399 g/mol. The number of hydrogen-bond donors (Lipinski definition) is 2. The highest BCUT2D eigenvalue weighted by atomic mass is 16.4. The summed E-state index contributed by atoms with van der Waals surface area (Å²) in [6.07, 6.45) is 0.327. The van der Waals surface area contributed by atoms with Gasteiger partial charge in [-0.05, 0) is 49.2 Å². The number of benzene rings is 2. The van der Waals surface area contributed by atoms with E-state index < -0.39 is 5.97 Å². The number of para-hydroxylation sites is 2. The van der Waals surface area contributed by atoms with Crippen LogP contribution in [0.25, 0.3) is 16.7 Å². The largest absolute Gasteiger partial charge is 0.481 e. The zero-order valence-electron chi connectivity index (χ0n) is 16.5. The molecule has 0 aliphatic heterocycles. The van der Waals surface area contributed by atoms with Gasteiger partial charge in [-0.1, -0.05) is 36.4 Å². The van der Waals surface area contributed by atoms with Crippen LogP contribution in [0.2, 0.25) is 0 Å². The lowest BCUT2D eigenvalue weighted by atomic mass is 10.1. The van der Waals surface area contributed by atoms with Gasteiger partial charge in [-0.2, -0.15) is 0 Å². The summed E-state index contributed by atoms with van der Waals surface area (Å²) in [6, 6.07) is 22.7. The Labute approximate surface area is 173 Å². The van der Waals surface area contributed by atoms with Crippen molar-refractivity contribution >= 4 is 28.5 Å². The number of aliphatic carboxylic acids is 1. The average Bonchev–Trinajstić information content (AvgIpc) is 2.74. The van der Waals surface area contributed by atoms with Crippen molar-refractivity contribution in [2.45, 2.75) is 19.8 Å². The van der Waals surface area contributed by atoms with Gasteiger partial charge in [0.15, 0.2) is 5.43 Å². The van der Waals surface area contributed by atoms with Crippen LogP contribution in [0.5, 0.6) is 0 Å². The molecule has 0 fully saturated rings. The van der Waals surface area contributed by atoms with Crippen LogP contribution in [0.3, 0.4) is 0 Å². The van der Waals surface area contributed by atoms with Gasteiger partial charge in [0.05, 0.1) is 5.39 Å². The molecule has 0 unspecified atom stereocenters. The van der Waals surface area contributed by atoms with E-state index >= 15 is 0 Å². The number of hydrogen-bond acceptors (Lipinski definition) is 4. The monoisotopic (exact) mass is 399 g/mol. The molecule has 0 aliphatic rings. The summed E-state index contributed by atoms with van der Waals surface area (Å²) in [4.78, 5) is 28.7. The molecule has 150 valence electrons. The summed E-state index contributed by atoms with van der Waals surface area (Å²) in [6.45, 7) is 1.84. The van der Waals surface area contributed by atoms with Crippen molar-refractivity contribution in [2.75, 3.05) is 5.32 Å². The van der Waals surface area contributed by atoms with Crippen LogP contribution in [-0.4, -0.2) is 20.6 Å². The normalized spacial score (nSPS) is 10.8. The Kier molecular flexibility index (Phi) is 5.30. The minimum Gasteiger partial charge on any atom is -0.481 e. The van der Waals surface area contributed by atoms with E-state index in [1.165, 1.54) is 0 Å². The molecule has 0 aliphatic carbocycles. The fraction of sp³-hybridized carbons (Fsp3) is 0.125. The lowest BCUT2D eigenvalue weighted by molar-refractivity contribution is -0.136.